The van der Waals surface area contributed by atoms with Gasteiger partial charge in [-0.1, -0.05) is 30.9 Å². The van der Waals surface area contributed by atoms with Crippen LogP contribution in [0.15, 0.2) is 24.3 Å². The van der Waals surface area contributed by atoms with Crippen LogP contribution in [0.1, 0.15) is 44.9 Å². The number of benzene rings is 1. The number of amides is 2. The van der Waals surface area contributed by atoms with Crippen molar-refractivity contribution in [3.8, 4) is 0 Å². The van der Waals surface area contributed by atoms with Crippen LogP contribution in [0.4, 0.5) is 5.69 Å². The molecular formula is C20H29ClN4O2. The maximum Gasteiger partial charge on any atom is 0.313 e. The van der Waals surface area contributed by atoms with E-state index in [1.54, 1.807) is 24.3 Å². The lowest BCUT2D eigenvalue weighted by atomic mass is 9.73. The second kappa shape index (κ2) is 9.04. The minimum absolute atomic E-state index is 0.0283. The van der Waals surface area contributed by atoms with Gasteiger partial charge in [0.15, 0.2) is 0 Å². The topological polar surface area (TPSA) is 87.5 Å². The number of rotatable bonds is 4. The molecule has 148 valence electrons. The quantitative estimate of drug-likeness (QED) is 0.687. The van der Waals surface area contributed by atoms with E-state index >= 15 is 0 Å². The van der Waals surface area contributed by atoms with Gasteiger partial charge in [-0.05, 0) is 49.9 Å². The molecule has 3 rings (SSSR count). The summed E-state index contributed by atoms with van der Waals surface area (Å²) in [7, 11) is 0. The molecule has 2 fully saturated rings. The summed E-state index contributed by atoms with van der Waals surface area (Å²) in [6, 6.07) is 6.73. The first-order chi connectivity index (χ1) is 13.0. The third-order valence-corrected chi connectivity index (χ3v) is 6.12. The van der Waals surface area contributed by atoms with Crippen LogP contribution in [0.25, 0.3) is 0 Å². The van der Waals surface area contributed by atoms with E-state index in [0.29, 0.717) is 17.3 Å². The van der Waals surface area contributed by atoms with Crippen LogP contribution in [0.2, 0.25) is 5.02 Å². The Bertz CT molecular complexity index is 658. The van der Waals surface area contributed by atoms with E-state index in [1.165, 1.54) is 19.3 Å². The third-order valence-electron chi connectivity index (χ3n) is 5.87. The molecule has 0 bridgehead atoms. The molecule has 2 aliphatic rings. The van der Waals surface area contributed by atoms with Crippen molar-refractivity contribution in [3.63, 3.8) is 0 Å². The van der Waals surface area contributed by atoms with Crippen LogP contribution in [0.3, 0.4) is 0 Å². The molecule has 1 aliphatic heterocycles. The molecule has 7 heteroatoms. The molecule has 2 amide bonds. The normalized spacial score (nSPS) is 22.4. The standard InChI is InChI=1S/C20H29ClN4O2/c21-15-4-6-16(7-5-15)23-18(26)19(27)24-17-8-12-25(13-11-22)20(14-17)9-2-1-3-10-20/h4-7,17H,1-3,8-14,22H2,(H,23,26)(H,24,27). The van der Waals surface area contributed by atoms with Gasteiger partial charge in [-0.2, -0.15) is 0 Å². The second-order valence-corrected chi connectivity index (χ2v) is 8.12. The number of nitrogens with two attached hydrogens (primary N) is 1. The summed E-state index contributed by atoms with van der Waals surface area (Å²) in [5, 5.41) is 6.15. The minimum Gasteiger partial charge on any atom is -0.345 e. The first-order valence-electron chi connectivity index (χ1n) is 9.85. The molecule has 0 aromatic heterocycles. The van der Waals surface area contributed by atoms with Crippen molar-refractivity contribution in [1.82, 2.24) is 10.2 Å². The van der Waals surface area contributed by atoms with E-state index in [4.69, 9.17) is 17.3 Å². The largest absolute Gasteiger partial charge is 0.345 e. The number of piperidine rings is 1. The molecule has 1 heterocycles. The van der Waals surface area contributed by atoms with Crippen molar-refractivity contribution in [2.75, 3.05) is 25.0 Å². The smallest absolute Gasteiger partial charge is 0.313 e. The van der Waals surface area contributed by atoms with Gasteiger partial charge < -0.3 is 16.4 Å². The van der Waals surface area contributed by atoms with E-state index < -0.39 is 11.8 Å². The Morgan fingerprint density at radius 3 is 2.52 bits per heavy atom. The van der Waals surface area contributed by atoms with Gasteiger partial charge >= 0.3 is 11.8 Å². The number of likely N-dealkylation sites (tertiary alicyclic amines) is 1. The second-order valence-electron chi connectivity index (χ2n) is 7.68. The highest BCUT2D eigenvalue weighted by atomic mass is 35.5. The van der Waals surface area contributed by atoms with Crippen LogP contribution in [0, 0.1) is 0 Å². The first kappa shape index (κ1) is 20.1. The predicted molar refractivity (Wildman–Crippen MR) is 108 cm³/mol. The molecular weight excluding hydrogens is 364 g/mol. The Morgan fingerprint density at radius 1 is 1.15 bits per heavy atom. The van der Waals surface area contributed by atoms with Gasteiger partial charge in [0.1, 0.15) is 0 Å². The third kappa shape index (κ3) is 5.00. The molecule has 1 atom stereocenters. The van der Waals surface area contributed by atoms with Crippen LogP contribution >= 0.6 is 11.6 Å². The van der Waals surface area contributed by atoms with E-state index in [1.807, 2.05) is 0 Å². The van der Waals surface area contributed by atoms with Crippen molar-refractivity contribution < 1.29 is 9.59 Å². The maximum absolute atomic E-state index is 12.4. The Labute approximate surface area is 165 Å². The molecule has 6 nitrogen and oxygen atoms in total. The van der Waals surface area contributed by atoms with Gasteiger partial charge in [-0.15, -0.1) is 0 Å². The van der Waals surface area contributed by atoms with Gasteiger partial charge in [0.2, 0.25) is 0 Å². The van der Waals surface area contributed by atoms with Crippen molar-refractivity contribution in [3.05, 3.63) is 29.3 Å². The number of hydrogen-bond acceptors (Lipinski definition) is 4. The maximum atomic E-state index is 12.4. The van der Waals surface area contributed by atoms with E-state index in [-0.39, 0.29) is 11.6 Å². The highest BCUT2D eigenvalue weighted by Gasteiger charge is 2.43. The average Bonchev–Trinajstić information content (AvgIpc) is 2.66. The van der Waals surface area contributed by atoms with E-state index in [0.717, 1.165) is 38.8 Å². The molecule has 1 saturated heterocycles. The highest BCUT2D eigenvalue weighted by Crippen LogP contribution is 2.40. The Morgan fingerprint density at radius 2 is 1.85 bits per heavy atom. The summed E-state index contributed by atoms with van der Waals surface area (Å²) in [4.78, 5) is 27.1. The fourth-order valence-electron chi connectivity index (χ4n) is 4.57. The van der Waals surface area contributed by atoms with Gasteiger partial charge in [0.05, 0.1) is 0 Å². The molecule has 4 N–H and O–H groups in total. The van der Waals surface area contributed by atoms with Gasteiger partial charge in [0.25, 0.3) is 0 Å². The fourth-order valence-corrected chi connectivity index (χ4v) is 4.69. The summed E-state index contributed by atoms with van der Waals surface area (Å²) in [5.74, 6) is -1.22. The molecule has 1 aliphatic carbocycles. The number of carbonyl (C=O) groups excluding carboxylic acids is 2. The van der Waals surface area contributed by atoms with Crippen molar-refractivity contribution in [2.24, 2.45) is 5.73 Å². The van der Waals surface area contributed by atoms with Crippen LogP contribution in [-0.4, -0.2) is 47.9 Å². The van der Waals surface area contributed by atoms with Crippen LogP contribution < -0.4 is 16.4 Å². The summed E-state index contributed by atoms with van der Waals surface area (Å²) < 4.78 is 0. The lowest BCUT2D eigenvalue weighted by molar-refractivity contribution is -0.137. The summed E-state index contributed by atoms with van der Waals surface area (Å²) in [6.07, 6.45) is 7.76. The molecule has 1 unspecified atom stereocenters. The summed E-state index contributed by atoms with van der Waals surface area (Å²) in [6.45, 7) is 2.47. The van der Waals surface area contributed by atoms with Gasteiger partial charge in [-0.25, -0.2) is 0 Å². The predicted octanol–water partition coefficient (Wildman–Crippen LogP) is 2.52. The SMILES string of the molecule is NCCN1CCC(NC(=O)C(=O)Nc2ccc(Cl)cc2)CC12CCCCC2. The minimum atomic E-state index is -0.639. The molecule has 0 radical (unpaired) electrons. The zero-order valence-corrected chi connectivity index (χ0v) is 16.4. The van der Waals surface area contributed by atoms with Crippen molar-refractivity contribution in [1.29, 1.82) is 0 Å². The molecule has 1 saturated carbocycles. The number of nitrogens with one attached hydrogen (secondary N) is 2. The lowest BCUT2D eigenvalue weighted by Crippen LogP contribution is -2.60. The lowest BCUT2D eigenvalue weighted by Gasteiger charge is -2.52. The number of carbonyl (C=O) groups is 2. The van der Waals surface area contributed by atoms with Crippen LogP contribution in [0.5, 0.6) is 0 Å². The number of hydrogen-bond donors (Lipinski definition) is 3. The summed E-state index contributed by atoms with van der Waals surface area (Å²) >= 11 is 5.84. The zero-order chi connectivity index (χ0) is 19.3. The Kier molecular flexibility index (Phi) is 6.73. The van der Waals surface area contributed by atoms with E-state index in [9.17, 15) is 9.59 Å². The van der Waals surface area contributed by atoms with E-state index in [2.05, 4.69) is 15.5 Å². The van der Waals surface area contributed by atoms with Gasteiger partial charge in [-0.3, -0.25) is 14.5 Å². The molecule has 27 heavy (non-hydrogen) atoms. The number of anilines is 1. The molecule has 1 aromatic carbocycles. The first-order valence-corrected chi connectivity index (χ1v) is 10.2. The number of halogens is 1. The van der Waals surface area contributed by atoms with Crippen molar-refractivity contribution >= 4 is 29.1 Å². The van der Waals surface area contributed by atoms with Crippen molar-refractivity contribution in [2.45, 2.75) is 56.5 Å². The number of nitrogens with zero attached hydrogens (tertiary/aromatic N) is 1. The average molecular weight is 393 g/mol. The molecule has 1 aromatic rings. The fraction of sp³-hybridized carbons (Fsp3) is 0.600. The summed E-state index contributed by atoms with van der Waals surface area (Å²) in [5.41, 5.74) is 6.50. The highest BCUT2D eigenvalue weighted by molar-refractivity contribution is 6.39. The monoisotopic (exact) mass is 392 g/mol. The Balaban J connectivity index is 1.58. The van der Waals surface area contributed by atoms with Gasteiger partial charge in [0, 0.05) is 41.9 Å². The van der Waals surface area contributed by atoms with Crippen LogP contribution in [-0.2, 0) is 9.59 Å². The zero-order valence-electron chi connectivity index (χ0n) is 15.7. The Hall–Kier alpha value is -1.63. The molecule has 1 spiro atoms.